The molecule has 0 aliphatic rings. The minimum atomic E-state index is 0.598. The van der Waals surface area contributed by atoms with Crippen LogP contribution in [0.25, 0.3) is 0 Å². The highest BCUT2D eigenvalue weighted by Crippen LogP contribution is 2.27. The monoisotopic (exact) mass is 518 g/mol. The van der Waals surface area contributed by atoms with E-state index in [1.807, 2.05) is 0 Å². The fourth-order valence-electron chi connectivity index (χ4n) is 4.65. The number of hydrogen-bond donors (Lipinski definition) is 1. The highest BCUT2D eigenvalue weighted by atomic mass is 32.2. The number of unbranched alkanes of at least 4 members (excludes halogenated alkanes) is 13. The van der Waals surface area contributed by atoms with Gasteiger partial charge in [-0.3, -0.25) is 0 Å². The summed E-state index contributed by atoms with van der Waals surface area (Å²) in [6.07, 6.45) is 26.7. The molecule has 0 heterocycles. The van der Waals surface area contributed by atoms with Gasteiger partial charge in [-0.2, -0.15) is 36.2 Å². The van der Waals surface area contributed by atoms with Crippen LogP contribution in [0, 0.1) is 11.8 Å². The summed E-state index contributed by atoms with van der Waals surface area (Å²) in [7, 11) is 0. The van der Waals surface area contributed by atoms with Gasteiger partial charge >= 0.3 is 0 Å². The van der Waals surface area contributed by atoms with Crippen molar-refractivity contribution in [2.45, 2.75) is 155 Å². The molecule has 0 rings (SSSR count). The normalized spacial score (nSPS) is 14.5. The summed E-state index contributed by atoms with van der Waals surface area (Å²) >= 11 is 9.51. The number of hydrogen-bond acceptors (Lipinski definition) is 3. The van der Waals surface area contributed by atoms with Crippen molar-refractivity contribution < 1.29 is 0 Å². The van der Waals surface area contributed by atoms with Crippen LogP contribution in [0.5, 0.6) is 0 Å². The second-order valence-electron chi connectivity index (χ2n) is 10.6. The Labute approximate surface area is 225 Å². The number of rotatable bonds is 27. The van der Waals surface area contributed by atoms with Gasteiger partial charge in [-0.05, 0) is 67.0 Å². The highest BCUT2D eigenvalue weighted by Gasteiger charge is 2.16. The van der Waals surface area contributed by atoms with E-state index in [1.54, 1.807) is 0 Å². The Morgan fingerprint density at radius 3 is 1.55 bits per heavy atom. The van der Waals surface area contributed by atoms with Crippen molar-refractivity contribution in [2.75, 3.05) is 23.0 Å². The van der Waals surface area contributed by atoms with Gasteiger partial charge in [0.15, 0.2) is 0 Å². The maximum absolute atomic E-state index is 5.08. The van der Waals surface area contributed by atoms with Crippen LogP contribution in [-0.4, -0.2) is 28.3 Å². The molecule has 3 heteroatoms. The van der Waals surface area contributed by atoms with E-state index >= 15 is 0 Å². The second-order valence-corrected chi connectivity index (χ2v) is 13.7. The topological polar surface area (TPSA) is 0 Å². The quantitative estimate of drug-likeness (QED) is 0.0847. The van der Waals surface area contributed by atoms with E-state index < -0.39 is 0 Å². The van der Waals surface area contributed by atoms with Crippen molar-refractivity contribution >= 4 is 36.2 Å². The van der Waals surface area contributed by atoms with E-state index in [4.69, 9.17) is 12.6 Å². The molecule has 3 unspecified atom stereocenters. The Kier molecular flexibility index (Phi) is 28.5. The molecule has 3 atom stereocenters. The molecule has 0 N–H and O–H groups in total. The first kappa shape index (κ1) is 34.0. The summed E-state index contributed by atoms with van der Waals surface area (Å²) in [5, 5.41) is 0.598. The first-order chi connectivity index (χ1) is 16.1. The lowest BCUT2D eigenvalue weighted by Gasteiger charge is -2.23. The highest BCUT2D eigenvalue weighted by molar-refractivity contribution is 7.99. The summed E-state index contributed by atoms with van der Waals surface area (Å²) in [4.78, 5) is 0. The van der Waals surface area contributed by atoms with Crippen molar-refractivity contribution in [3.05, 3.63) is 0 Å². The molecular weight excluding hydrogens is 457 g/mol. The van der Waals surface area contributed by atoms with Gasteiger partial charge in [0.25, 0.3) is 0 Å². The third-order valence-corrected chi connectivity index (χ3v) is 9.87. The van der Waals surface area contributed by atoms with Crippen molar-refractivity contribution in [1.82, 2.24) is 0 Å². The molecule has 0 aromatic rings. The second kappa shape index (κ2) is 27.6. The third kappa shape index (κ3) is 25.9. The van der Waals surface area contributed by atoms with Crippen molar-refractivity contribution in [1.29, 1.82) is 0 Å². The lowest BCUT2D eigenvalue weighted by atomic mass is 9.94. The Morgan fingerprint density at radius 2 is 1.00 bits per heavy atom. The maximum atomic E-state index is 5.08. The van der Waals surface area contributed by atoms with Gasteiger partial charge in [0.2, 0.25) is 0 Å². The van der Waals surface area contributed by atoms with Crippen LogP contribution >= 0.6 is 36.2 Å². The first-order valence-corrected chi connectivity index (χ1v) is 17.8. The zero-order chi connectivity index (χ0) is 24.4. The zero-order valence-electron chi connectivity index (χ0n) is 23.3. The Morgan fingerprint density at radius 1 is 0.545 bits per heavy atom. The fraction of sp³-hybridized carbons (Fsp3) is 1.00. The van der Waals surface area contributed by atoms with Gasteiger partial charge in [0, 0.05) is 5.25 Å². The largest absolute Gasteiger partial charge is 0.176 e. The standard InChI is InChI=1S/C30H62S3/c1-5-8-11-14-16-19-22-32-26-28(4)24-30(31)25-29(21-18-13-10-7-3)27-33-23-20-17-15-12-9-6-2/h28-31H,5-27H2,1-4H3. The molecule has 0 saturated heterocycles. The predicted molar refractivity (Wildman–Crippen MR) is 165 cm³/mol. The number of thioether (sulfide) groups is 2. The van der Waals surface area contributed by atoms with Gasteiger partial charge in [0.05, 0.1) is 0 Å². The summed E-state index contributed by atoms with van der Waals surface area (Å²) in [6, 6.07) is 0. The van der Waals surface area contributed by atoms with Gasteiger partial charge in [-0.25, -0.2) is 0 Å². The van der Waals surface area contributed by atoms with E-state index in [0.29, 0.717) is 5.25 Å². The molecule has 0 fully saturated rings. The molecule has 0 aromatic heterocycles. The van der Waals surface area contributed by atoms with Crippen LogP contribution in [0.2, 0.25) is 0 Å². The van der Waals surface area contributed by atoms with Crippen molar-refractivity contribution in [2.24, 2.45) is 11.8 Å². The summed E-state index contributed by atoms with van der Waals surface area (Å²) in [6.45, 7) is 9.39. The van der Waals surface area contributed by atoms with E-state index in [2.05, 4.69) is 51.2 Å². The maximum Gasteiger partial charge on any atom is 0.00225 e. The van der Waals surface area contributed by atoms with Crippen LogP contribution < -0.4 is 0 Å². The van der Waals surface area contributed by atoms with E-state index in [0.717, 1.165) is 11.8 Å². The molecule has 0 bridgehead atoms. The Balaban J connectivity index is 4.01. The first-order valence-electron chi connectivity index (χ1n) is 15.0. The van der Waals surface area contributed by atoms with E-state index in [1.165, 1.54) is 145 Å². The average molecular weight is 519 g/mol. The van der Waals surface area contributed by atoms with Crippen LogP contribution in [0.4, 0.5) is 0 Å². The van der Waals surface area contributed by atoms with Gasteiger partial charge in [-0.1, -0.05) is 118 Å². The lowest BCUT2D eigenvalue weighted by molar-refractivity contribution is 0.435. The fourth-order valence-corrected chi connectivity index (χ4v) is 7.63. The molecule has 0 aliphatic carbocycles. The molecule has 200 valence electrons. The molecule has 0 saturated carbocycles. The van der Waals surface area contributed by atoms with E-state index in [-0.39, 0.29) is 0 Å². The van der Waals surface area contributed by atoms with Crippen molar-refractivity contribution in [3.63, 3.8) is 0 Å². The minimum Gasteiger partial charge on any atom is -0.176 e. The van der Waals surface area contributed by atoms with Crippen LogP contribution in [0.1, 0.15) is 150 Å². The van der Waals surface area contributed by atoms with Crippen molar-refractivity contribution in [3.8, 4) is 0 Å². The van der Waals surface area contributed by atoms with Gasteiger partial charge in [0.1, 0.15) is 0 Å². The van der Waals surface area contributed by atoms with Gasteiger partial charge < -0.3 is 0 Å². The lowest BCUT2D eigenvalue weighted by Crippen LogP contribution is -2.15. The summed E-state index contributed by atoms with van der Waals surface area (Å²) < 4.78 is 0. The number of thiol groups is 1. The minimum absolute atomic E-state index is 0.598. The Bertz CT molecular complexity index is 360. The molecule has 0 aromatic carbocycles. The van der Waals surface area contributed by atoms with Gasteiger partial charge in [-0.15, -0.1) is 0 Å². The Hall–Kier alpha value is 1.05. The molecule has 0 spiro atoms. The molecule has 0 nitrogen and oxygen atoms in total. The summed E-state index contributed by atoms with van der Waals surface area (Å²) in [5.41, 5.74) is 0. The third-order valence-electron chi connectivity index (χ3n) is 6.79. The van der Waals surface area contributed by atoms with E-state index in [9.17, 15) is 0 Å². The molecule has 0 radical (unpaired) electrons. The van der Waals surface area contributed by atoms with Crippen LogP contribution in [-0.2, 0) is 0 Å². The molecule has 33 heavy (non-hydrogen) atoms. The smallest absolute Gasteiger partial charge is 0.00225 e. The SMILES string of the molecule is CCCCCCCCSCC(C)CC(S)CC(CCCCCC)CSCCCCCCCC. The van der Waals surface area contributed by atoms with Crippen LogP contribution in [0.3, 0.4) is 0 Å². The molecule has 0 amide bonds. The molecular formula is C30H62S3. The zero-order valence-corrected chi connectivity index (χ0v) is 25.8. The predicted octanol–water partition coefficient (Wildman–Crippen LogP) is 11.5. The molecule has 0 aliphatic heterocycles. The summed E-state index contributed by atoms with van der Waals surface area (Å²) in [5.74, 6) is 7.15. The van der Waals surface area contributed by atoms with Crippen LogP contribution in [0.15, 0.2) is 0 Å². The average Bonchev–Trinajstić information content (AvgIpc) is 2.79.